The van der Waals surface area contributed by atoms with Crippen LogP contribution in [0.1, 0.15) is 44.9 Å². The molecular formula is C21H24N4OS. The molecule has 0 atom stereocenters. The van der Waals surface area contributed by atoms with E-state index < -0.39 is 0 Å². The van der Waals surface area contributed by atoms with Gasteiger partial charge in [0, 0.05) is 17.7 Å². The monoisotopic (exact) mass is 380 g/mol. The number of nitriles is 1. The summed E-state index contributed by atoms with van der Waals surface area (Å²) >= 11 is 1.63. The lowest BCUT2D eigenvalue weighted by Crippen LogP contribution is -2.10. The summed E-state index contributed by atoms with van der Waals surface area (Å²) < 4.78 is 7.62. The van der Waals surface area contributed by atoms with Crippen LogP contribution >= 0.6 is 11.8 Å². The van der Waals surface area contributed by atoms with Crippen LogP contribution in [0.15, 0.2) is 52.2 Å². The van der Waals surface area contributed by atoms with Crippen LogP contribution in [-0.2, 0) is 12.0 Å². The lowest BCUT2D eigenvalue weighted by molar-refractivity contribution is 0.485. The van der Waals surface area contributed by atoms with Gasteiger partial charge in [0.25, 0.3) is 0 Å². The Bertz CT molecular complexity index is 899. The van der Waals surface area contributed by atoms with Crippen LogP contribution in [0.3, 0.4) is 0 Å². The Morgan fingerprint density at radius 3 is 2.56 bits per heavy atom. The number of rotatable bonds is 7. The van der Waals surface area contributed by atoms with Gasteiger partial charge in [0.1, 0.15) is 5.76 Å². The van der Waals surface area contributed by atoms with E-state index in [2.05, 4.69) is 65.9 Å². The van der Waals surface area contributed by atoms with Crippen LogP contribution in [0.5, 0.6) is 0 Å². The van der Waals surface area contributed by atoms with Gasteiger partial charge in [0.05, 0.1) is 18.9 Å². The van der Waals surface area contributed by atoms with Gasteiger partial charge in [-0.1, -0.05) is 56.8 Å². The Morgan fingerprint density at radius 2 is 1.93 bits per heavy atom. The van der Waals surface area contributed by atoms with Gasteiger partial charge in [-0.2, -0.15) is 5.26 Å². The van der Waals surface area contributed by atoms with Crippen LogP contribution in [0.4, 0.5) is 0 Å². The minimum atomic E-state index is 0.113. The van der Waals surface area contributed by atoms with Gasteiger partial charge < -0.3 is 4.42 Å². The Balaban J connectivity index is 1.89. The summed E-state index contributed by atoms with van der Waals surface area (Å²) in [4.78, 5) is 0. The highest BCUT2D eigenvalue weighted by molar-refractivity contribution is 7.99. The fourth-order valence-corrected chi connectivity index (χ4v) is 3.62. The molecule has 0 N–H and O–H groups in total. The number of nitrogens with zero attached hydrogens (tertiary/aromatic N) is 4. The third-order valence-electron chi connectivity index (χ3n) is 4.28. The number of hydrogen-bond donors (Lipinski definition) is 0. The zero-order chi connectivity index (χ0) is 19.3. The summed E-state index contributed by atoms with van der Waals surface area (Å²) in [7, 11) is 0. The van der Waals surface area contributed by atoms with E-state index in [1.165, 1.54) is 5.56 Å². The predicted molar refractivity (Wildman–Crippen MR) is 108 cm³/mol. The Hall–Kier alpha value is -2.52. The molecule has 0 saturated carbocycles. The average molecular weight is 381 g/mol. The van der Waals surface area contributed by atoms with Crippen molar-refractivity contribution in [2.75, 3.05) is 5.75 Å². The summed E-state index contributed by atoms with van der Waals surface area (Å²) in [5.74, 6) is 2.53. The minimum absolute atomic E-state index is 0.113. The highest BCUT2D eigenvalue weighted by Crippen LogP contribution is 2.28. The van der Waals surface area contributed by atoms with Crippen molar-refractivity contribution in [3.63, 3.8) is 0 Å². The maximum Gasteiger partial charge on any atom is 0.191 e. The molecule has 0 saturated heterocycles. The molecular weight excluding hydrogens is 356 g/mol. The van der Waals surface area contributed by atoms with Crippen molar-refractivity contribution in [3.05, 3.63) is 54.0 Å². The van der Waals surface area contributed by atoms with Gasteiger partial charge in [-0.15, -0.1) is 10.2 Å². The number of furan rings is 1. The largest absolute Gasteiger partial charge is 0.467 e. The van der Waals surface area contributed by atoms with E-state index in [0.717, 1.165) is 34.5 Å². The fourth-order valence-electron chi connectivity index (χ4n) is 2.74. The molecule has 2 heterocycles. The molecule has 0 bridgehead atoms. The van der Waals surface area contributed by atoms with Crippen LogP contribution in [-0.4, -0.2) is 20.5 Å². The maximum atomic E-state index is 8.72. The first-order valence-electron chi connectivity index (χ1n) is 9.05. The smallest absolute Gasteiger partial charge is 0.191 e. The maximum absolute atomic E-state index is 8.72. The lowest BCUT2D eigenvalue weighted by Gasteiger charge is -2.19. The van der Waals surface area contributed by atoms with Gasteiger partial charge in [0.15, 0.2) is 11.0 Å². The first kappa shape index (κ1) is 19.2. The Kier molecular flexibility index (Phi) is 6.02. The van der Waals surface area contributed by atoms with Crippen molar-refractivity contribution < 1.29 is 4.42 Å². The Labute approximate surface area is 164 Å². The molecule has 0 radical (unpaired) electrons. The highest BCUT2D eigenvalue weighted by atomic mass is 32.2. The van der Waals surface area contributed by atoms with Crippen LogP contribution < -0.4 is 0 Å². The van der Waals surface area contributed by atoms with Crippen LogP contribution in [0, 0.1) is 11.3 Å². The molecule has 0 fully saturated rings. The van der Waals surface area contributed by atoms with E-state index in [1.54, 1.807) is 18.0 Å². The van der Waals surface area contributed by atoms with Gasteiger partial charge in [-0.3, -0.25) is 4.57 Å². The molecule has 0 aliphatic carbocycles. The molecule has 3 rings (SSSR count). The Morgan fingerprint density at radius 1 is 1.15 bits per heavy atom. The van der Waals surface area contributed by atoms with Gasteiger partial charge in [0.2, 0.25) is 0 Å². The van der Waals surface area contributed by atoms with Crippen LogP contribution in [0.25, 0.3) is 11.4 Å². The quantitative estimate of drug-likeness (QED) is 0.412. The van der Waals surface area contributed by atoms with Crippen molar-refractivity contribution in [3.8, 4) is 17.5 Å². The van der Waals surface area contributed by atoms with Crippen molar-refractivity contribution in [2.24, 2.45) is 0 Å². The van der Waals surface area contributed by atoms with Crippen molar-refractivity contribution in [2.45, 2.75) is 50.7 Å². The number of unbranched alkanes of at least 4 members (excludes halogenated alkanes) is 1. The second kappa shape index (κ2) is 8.45. The number of hydrogen-bond acceptors (Lipinski definition) is 5. The van der Waals surface area contributed by atoms with Crippen molar-refractivity contribution >= 4 is 11.8 Å². The number of thioether (sulfide) groups is 1. The van der Waals surface area contributed by atoms with E-state index in [1.807, 2.05) is 12.1 Å². The third kappa shape index (κ3) is 4.81. The SMILES string of the molecule is CC(C)(C)c1ccc(-c2nnc(SCCCC#N)n2Cc2ccco2)cc1. The minimum Gasteiger partial charge on any atom is -0.467 e. The van der Waals surface area contributed by atoms with Crippen molar-refractivity contribution in [1.29, 1.82) is 5.26 Å². The summed E-state index contributed by atoms with van der Waals surface area (Å²) in [5, 5.41) is 18.4. The van der Waals surface area contributed by atoms with Crippen molar-refractivity contribution in [1.82, 2.24) is 14.8 Å². The number of benzene rings is 1. The summed E-state index contributed by atoms with van der Waals surface area (Å²) in [6.07, 6.45) is 3.07. The lowest BCUT2D eigenvalue weighted by atomic mass is 9.87. The first-order chi connectivity index (χ1) is 13.0. The molecule has 0 spiro atoms. The second-order valence-corrected chi connectivity index (χ2v) is 8.47. The zero-order valence-electron chi connectivity index (χ0n) is 16.0. The van der Waals surface area contributed by atoms with E-state index in [9.17, 15) is 0 Å². The second-order valence-electron chi connectivity index (χ2n) is 7.41. The molecule has 140 valence electrons. The zero-order valence-corrected chi connectivity index (χ0v) is 16.8. The molecule has 5 nitrogen and oxygen atoms in total. The highest BCUT2D eigenvalue weighted by Gasteiger charge is 2.18. The molecule has 0 aliphatic rings. The fraction of sp³-hybridized carbons (Fsp3) is 0.381. The first-order valence-corrected chi connectivity index (χ1v) is 10.0. The summed E-state index contributed by atoms with van der Waals surface area (Å²) in [6, 6.07) is 14.5. The molecule has 6 heteroatoms. The van der Waals surface area contributed by atoms with E-state index >= 15 is 0 Å². The molecule has 0 unspecified atom stereocenters. The predicted octanol–water partition coefficient (Wildman–Crippen LogP) is 5.28. The molecule has 27 heavy (non-hydrogen) atoms. The van der Waals surface area contributed by atoms with E-state index in [-0.39, 0.29) is 5.41 Å². The van der Waals surface area contributed by atoms with E-state index in [4.69, 9.17) is 9.68 Å². The summed E-state index contributed by atoms with van der Waals surface area (Å²) in [5.41, 5.74) is 2.43. The third-order valence-corrected chi connectivity index (χ3v) is 5.34. The molecule has 1 aromatic carbocycles. The standard InChI is InChI=1S/C21H24N4OS/c1-21(2,3)17-10-8-16(9-11-17)19-23-24-20(27-14-5-4-12-22)25(19)15-18-7-6-13-26-18/h6-11,13H,4-5,14-15H2,1-3H3. The topological polar surface area (TPSA) is 67.6 Å². The summed E-state index contributed by atoms with van der Waals surface area (Å²) in [6.45, 7) is 7.20. The molecule has 2 aromatic heterocycles. The average Bonchev–Trinajstić information content (AvgIpc) is 3.29. The van der Waals surface area contributed by atoms with Crippen LogP contribution in [0.2, 0.25) is 0 Å². The normalized spacial score (nSPS) is 11.5. The van der Waals surface area contributed by atoms with Gasteiger partial charge >= 0.3 is 0 Å². The number of aromatic nitrogens is 3. The van der Waals surface area contributed by atoms with Gasteiger partial charge in [-0.05, 0) is 29.5 Å². The molecule has 3 aromatic rings. The van der Waals surface area contributed by atoms with Gasteiger partial charge in [-0.25, -0.2) is 0 Å². The molecule has 0 amide bonds. The van der Waals surface area contributed by atoms with E-state index in [0.29, 0.717) is 13.0 Å². The molecule has 0 aliphatic heterocycles.